The zero-order valence-corrected chi connectivity index (χ0v) is 13.1. The lowest BCUT2D eigenvalue weighted by molar-refractivity contribution is 0.0942. The average Bonchev–Trinajstić information content (AvgIpc) is 2.99. The minimum Gasteiger partial charge on any atom is -0.490 e. The van der Waals surface area contributed by atoms with Crippen molar-refractivity contribution in [2.75, 3.05) is 33.4 Å². The van der Waals surface area contributed by atoms with Crippen molar-refractivity contribution in [3.63, 3.8) is 0 Å². The molecule has 2 N–H and O–H groups in total. The summed E-state index contributed by atoms with van der Waals surface area (Å²) in [4.78, 5) is 12.2. The lowest BCUT2D eigenvalue weighted by atomic mass is 10.1. The number of amides is 1. The minimum absolute atomic E-state index is 0. The van der Waals surface area contributed by atoms with Crippen molar-refractivity contribution in [3.05, 3.63) is 29.8 Å². The van der Waals surface area contributed by atoms with E-state index in [1.807, 2.05) is 12.1 Å². The molecule has 1 saturated heterocycles. The Bertz CT molecular complexity index is 437. The number of halogens is 1. The molecular weight excluding hydrogens is 292 g/mol. The minimum atomic E-state index is -0.0910. The quantitative estimate of drug-likeness (QED) is 0.751. The second-order valence-corrected chi connectivity index (χ2v) is 4.84. The van der Waals surface area contributed by atoms with Gasteiger partial charge in [-0.2, -0.15) is 0 Å². The van der Waals surface area contributed by atoms with Crippen molar-refractivity contribution in [2.24, 2.45) is 0 Å². The molecule has 0 aromatic heterocycles. The van der Waals surface area contributed by atoms with Crippen molar-refractivity contribution in [1.29, 1.82) is 0 Å². The number of benzene rings is 1. The van der Waals surface area contributed by atoms with Gasteiger partial charge in [0.1, 0.15) is 12.4 Å². The number of carbonyl (C=O) groups excluding carboxylic acids is 1. The molecule has 0 bridgehead atoms. The van der Waals surface area contributed by atoms with Crippen LogP contribution in [-0.2, 0) is 4.74 Å². The third kappa shape index (κ3) is 5.53. The summed E-state index contributed by atoms with van der Waals surface area (Å²) >= 11 is 0. The van der Waals surface area contributed by atoms with Gasteiger partial charge >= 0.3 is 0 Å². The molecule has 0 aliphatic carbocycles. The van der Waals surface area contributed by atoms with Crippen LogP contribution in [0.3, 0.4) is 0 Å². The van der Waals surface area contributed by atoms with E-state index in [1.54, 1.807) is 19.2 Å². The molecule has 0 spiro atoms. The maximum Gasteiger partial charge on any atom is 0.255 e. The lowest BCUT2D eigenvalue weighted by Gasteiger charge is -2.14. The van der Waals surface area contributed by atoms with Crippen LogP contribution < -0.4 is 15.4 Å². The number of hydrogen-bond donors (Lipinski definition) is 2. The number of nitrogens with one attached hydrogen (secondary N) is 2. The SMILES string of the molecule is COCCOc1ccccc1C(=O)NCC1CCCN1.Cl. The lowest BCUT2D eigenvalue weighted by Crippen LogP contribution is -2.37. The number of methoxy groups -OCH3 is 1. The molecule has 1 aliphatic rings. The van der Waals surface area contributed by atoms with Crippen molar-refractivity contribution in [1.82, 2.24) is 10.6 Å². The Balaban J connectivity index is 0.00000220. The van der Waals surface area contributed by atoms with E-state index in [1.165, 1.54) is 6.42 Å². The molecule has 2 rings (SSSR count). The zero-order chi connectivity index (χ0) is 14.2. The van der Waals surface area contributed by atoms with Gasteiger partial charge in [0.2, 0.25) is 0 Å². The molecule has 1 atom stereocenters. The summed E-state index contributed by atoms with van der Waals surface area (Å²) in [5, 5.41) is 6.32. The highest BCUT2D eigenvalue weighted by Gasteiger charge is 2.17. The van der Waals surface area contributed by atoms with Gasteiger partial charge in [0, 0.05) is 19.7 Å². The molecule has 0 saturated carbocycles. The van der Waals surface area contributed by atoms with Gasteiger partial charge in [-0.25, -0.2) is 0 Å². The van der Waals surface area contributed by atoms with Crippen molar-refractivity contribution >= 4 is 18.3 Å². The Morgan fingerprint density at radius 2 is 2.19 bits per heavy atom. The maximum absolute atomic E-state index is 12.2. The standard InChI is InChI=1S/C15H22N2O3.ClH/c1-19-9-10-20-14-7-3-2-6-13(14)15(18)17-11-12-5-4-8-16-12;/h2-3,6-7,12,16H,4-5,8-11H2,1H3,(H,17,18);1H. The summed E-state index contributed by atoms with van der Waals surface area (Å²) in [6, 6.07) is 7.67. The highest BCUT2D eigenvalue weighted by molar-refractivity contribution is 5.96. The topological polar surface area (TPSA) is 59.6 Å². The summed E-state index contributed by atoms with van der Waals surface area (Å²) in [7, 11) is 1.62. The number of ether oxygens (including phenoxy) is 2. The highest BCUT2D eigenvalue weighted by atomic mass is 35.5. The first-order chi connectivity index (χ1) is 9.81. The normalized spacial score (nSPS) is 17.1. The van der Waals surface area contributed by atoms with Gasteiger partial charge in [-0.15, -0.1) is 12.4 Å². The van der Waals surface area contributed by atoms with E-state index in [9.17, 15) is 4.79 Å². The molecule has 1 amide bonds. The van der Waals surface area contributed by atoms with Crippen LogP contribution in [0.4, 0.5) is 0 Å². The van der Waals surface area contributed by atoms with Crippen LogP contribution in [0, 0.1) is 0 Å². The Kier molecular flexibility index (Phi) is 8.12. The number of carbonyl (C=O) groups is 1. The number of hydrogen-bond acceptors (Lipinski definition) is 4. The van der Waals surface area contributed by atoms with Gasteiger partial charge in [0.15, 0.2) is 0 Å². The summed E-state index contributed by atoms with van der Waals surface area (Å²) in [6.45, 7) is 2.63. The Morgan fingerprint density at radius 3 is 2.90 bits per heavy atom. The molecule has 1 aliphatic heterocycles. The van der Waals surface area contributed by atoms with E-state index in [0.29, 0.717) is 37.1 Å². The Hall–Kier alpha value is -1.30. The second-order valence-electron chi connectivity index (χ2n) is 4.84. The van der Waals surface area contributed by atoms with E-state index < -0.39 is 0 Å². The molecule has 21 heavy (non-hydrogen) atoms. The van der Waals surface area contributed by atoms with E-state index in [4.69, 9.17) is 9.47 Å². The number of rotatable bonds is 7. The van der Waals surface area contributed by atoms with Crippen LogP contribution in [-0.4, -0.2) is 45.4 Å². The van der Waals surface area contributed by atoms with Crippen LogP contribution in [0.2, 0.25) is 0 Å². The molecule has 1 aromatic carbocycles. The molecule has 118 valence electrons. The van der Waals surface area contributed by atoms with Crippen LogP contribution in [0.1, 0.15) is 23.2 Å². The van der Waals surface area contributed by atoms with E-state index in [2.05, 4.69) is 10.6 Å². The molecular formula is C15H23ClN2O3. The van der Waals surface area contributed by atoms with Gasteiger partial charge in [-0.3, -0.25) is 4.79 Å². The van der Waals surface area contributed by atoms with Crippen molar-refractivity contribution in [2.45, 2.75) is 18.9 Å². The van der Waals surface area contributed by atoms with E-state index in [0.717, 1.165) is 13.0 Å². The molecule has 1 aromatic rings. The Labute approximate surface area is 131 Å². The van der Waals surface area contributed by atoms with Gasteiger partial charge in [-0.1, -0.05) is 12.1 Å². The molecule has 0 radical (unpaired) electrons. The Morgan fingerprint density at radius 1 is 1.38 bits per heavy atom. The molecule has 1 fully saturated rings. The first kappa shape index (κ1) is 17.8. The predicted molar refractivity (Wildman–Crippen MR) is 84.4 cm³/mol. The highest BCUT2D eigenvalue weighted by Crippen LogP contribution is 2.17. The van der Waals surface area contributed by atoms with Gasteiger partial charge in [-0.05, 0) is 31.5 Å². The van der Waals surface area contributed by atoms with E-state index >= 15 is 0 Å². The number of para-hydroxylation sites is 1. The fraction of sp³-hybridized carbons (Fsp3) is 0.533. The monoisotopic (exact) mass is 314 g/mol. The van der Waals surface area contributed by atoms with Gasteiger partial charge in [0.25, 0.3) is 5.91 Å². The second kappa shape index (κ2) is 9.60. The fourth-order valence-corrected chi connectivity index (χ4v) is 2.26. The average molecular weight is 315 g/mol. The van der Waals surface area contributed by atoms with Crippen LogP contribution in [0.5, 0.6) is 5.75 Å². The van der Waals surface area contributed by atoms with Crippen LogP contribution in [0.25, 0.3) is 0 Å². The molecule has 1 heterocycles. The molecule has 6 heteroatoms. The smallest absolute Gasteiger partial charge is 0.255 e. The zero-order valence-electron chi connectivity index (χ0n) is 12.3. The fourth-order valence-electron chi connectivity index (χ4n) is 2.26. The molecule has 1 unspecified atom stereocenters. The third-order valence-corrected chi connectivity index (χ3v) is 3.35. The van der Waals surface area contributed by atoms with Gasteiger partial charge < -0.3 is 20.1 Å². The van der Waals surface area contributed by atoms with Crippen molar-refractivity contribution < 1.29 is 14.3 Å². The predicted octanol–water partition coefficient (Wildman–Crippen LogP) is 1.62. The summed E-state index contributed by atoms with van der Waals surface area (Å²) < 4.78 is 10.5. The van der Waals surface area contributed by atoms with Crippen LogP contribution in [0.15, 0.2) is 24.3 Å². The molecule has 5 nitrogen and oxygen atoms in total. The largest absolute Gasteiger partial charge is 0.490 e. The maximum atomic E-state index is 12.2. The van der Waals surface area contributed by atoms with E-state index in [-0.39, 0.29) is 18.3 Å². The van der Waals surface area contributed by atoms with Crippen molar-refractivity contribution in [3.8, 4) is 5.75 Å². The first-order valence-corrected chi connectivity index (χ1v) is 7.03. The van der Waals surface area contributed by atoms with Gasteiger partial charge in [0.05, 0.1) is 12.2 Å². The summed E-state index contributed by atoms with van der Waals surface area (Å²) in [6.07, 6.45) is 2.30. The van der Waals surface area contributed by atoms with Crippen LogP contribution >= 0.6 is 12.4 Å². The third-order valence-electron chi connectivity index (χ3n) is 3.35. The summed E-state index contributed by atoms with van der Waals surface area (Å²) in [5.74, 6) is 0.508. The first-order valence-electron chi connectivity index (χ1n) is 7.03. The summed E-state index contributed by atoms with van der Waals surface area (Å²) in [5.41, 5.74) is 0.571.